The number of hydrogen-bond acceptors (Lipinski definition) is 4. The molecule has 1 fully saturated rings. The van der Waals surface area contributed by atoms with Crippen LogP contribution in [0.15, 0.2) is 54.9 Å². The minimum absolute atomic E-state index is 0.507. The lowest BCUT2D eigenvalue weighted by Crippen LogP contribution is -2.21. The molecule has 1 aromatic carbocycles. The maximum Gasteiger partial charge on any atom is 0.163 e. The summed E-state index contributed by atoms with van der Waals surface area (Å²) in [6, 6.07) is 13.6. The van der Waals surface area contributed by atoms with Crippen LogP contribution in [0.5, 0.6) is 0 Å². The Bertz CT molecular complexity index is 884. The highest BCUT2D eigenvalue weighted by molar-refractivity contribution is 6.30. The highest BCUT2D eigenvalue weighted by Gasteiger charge is 2.24. The summed E-state index contributed by atoms with van der Waals surface area (Å²) in [6.45, 7) is 1.88. The summed E-state index contributed by atoms with van der Waals surface area (Å²) in [6.07, 6.45) is 4.63. The quantitative estimate of drug-likeness (QED) is 0.598. The van der Waals surface area contributed by atoms with Gasteiger partial charge in [-0.1, -0.05) is 23.7 Å². The first-order valence-corrected chi connectivity index (χ1v) is 9.50. The number of alkyl halides is 1. The van der Waals surface area contributed by atoms with E-state index in [1.54, 1.807) is 12.4 Å². The summed E-state index contributed by atoms with van der Waals surface area (Å²) in [5, 5.41) is 0.708. The number of anilines is 1. The van der Waals surface area contributed by atoms with E-state index >= 15 is 0 Å². The first kappa shape index (κ1) is 17.3. The molecule has 1 aliphatic rings. The van der Waals surface area contributed by atoms with Gasteiger partial charge in [-0.05, 0) is 36.6 Å². The van der Waals surface area contributed by atoms with Crippen molar-refractivity contribution in [3.8, 4) is 22.6 Å². The number of halogens is 2. The van der Waals surface area contributed by atoms with Gasteiger partial charge in [0.15, 0.2) is 5.82 Å². The minimum atomic E-state index is 0.507. The van der Waals surface area contributed by atoms with E-state index in [9.17, 15) is 0 Å². The summed E-state index contributed by atoms with van der Waals surface area (Å²) < 4.78 is 0. The predicted octanol–water partition coefficient (Wildman–Crippen LogP) is 4.92. The monoisotopic (exact) mass is 384 g/mol. The number of hydrogen-bond donors (Lipinski definition) is 0. The van der Waals surface area contributed by atoms with Gasteiger partial charge in [-0.15, -0.1) is 11.6 Å². The second kappa shape index (κ2) is 7.60. The van der Waals surface area contributed by atoms with Crippen molar-refractivity contribution in [2.24, 2.45) is 5.92 Å². The molecule has 0 spiro atoms. The van der Waals surface area contributed by atoms with Crippen LogP contribution in [0, 0.1) is 5.92 Å². The second-order valence-electron chi connectivity index (χ2n) is 6.44. The van der Waals surface area contributed by atoms with Gasteiger partial charge in [-0.2, -0.15) is 0 Å². The SMILES string of the molecule is ClC[C@H]1CCN(c2cc(-c3ccc(Cl)cc3)nc(-c3cccnc3)n2)C1. The third-order valence-electron chi connectivity index (χ3n) is 4.60. The lowest BCUT2D eigenvalue weighted by Gasteiger charge is -2.19. The number of aromatic nitrogens is 3. The molecule has 0 N–H and O–H groups in total. The van der Waals surface area contributed by atoms with Crippen LogP contribution in [-0.4, -0.2) is 33.9 Å². The zero-order chi connectivity index (χ0) is 17.9. The fourth-order valence-corrected chi connectivity index (χ4v) is 3.53. The Morgan fingerprint density at radius 3 is 2.62 bits per heavy atom. The van der Waals surface area contributed by atoms with Crippen LogP contribution in [0.1, 0.15) is 6.42 Å². The van der Waals surface area contributed by atoms with Gasteiger partial charge in [-0.3, -0.25) is 4.98 Å². The smallest absolute Gasteiger partial charge is 0.163 e. The number of benzene rings is 1. The Labute approximate surface area is 162 Å². The molecular formula is C20H18Cl2N4. The van der Waals surface area contributed by atoms with E-state index in [-0.39, 0.29) is 0 Å². The molecule has 132 valence electrons. The molecule has 1 saturated heterocycles. The summed E-state index contributed by atoms with van der Waals surface area (Å²) in [5.74, 6) is 2.79. The van der Waals surface area contributed by atoms with Crippen molar-refractivity contribution in [3.63, 3.8) is 0 Å². The minimum Gasteiger partial charge on any atom is -0.356 e. The molecule has 4 rings (SSSR count). The van der Waals surface area contributed by atoms with E-state index in [1.165, 1.54) is 0 Å². The molecule has 0 unspecified atom stereocenters. The first-order valence-electron chi connectivity index (χ1n) is 8.59. The standard InChI is InChI=1S/C20H18Cl2N4/c21-11-14-7-9-26(13-14)19-10-18(15-3-5-17(22)6-4-15)24-20(25-19)16-2-1-8-23-12-16/h1-6,8,10,12,14H,7,9,11,13H2/t14-/m1/s1. The van der Waals surface area contributed by atoms with E-state index in [0.717, 1.165) is 42.1 Å². The zero-order valence-corrected chi connectivity index (χ0v) is 15.7. The molecule has 6 heteroatoms. The Hall–Kier alpha value is -2.17. The highest BCUT2D eigenvalue weighted by Crippen LogP contribution is 2.29. The Kier molecular flexibility index (Phi) is 5.05. The summed E-state index contributed by atoms with van der Waals surface area (Å²) >= 11 is 12.1. The predicted molar refractivity (Wildman–Crippen MR) is 107 cm³/mol. The van der Waals surface area contributed by atoms with Crippen LogP contribution in [0.2, 0.25) is 5.02 Å². The van der Waals surface area contributed by atoms with Crippen molar-refractivity contribution >= 4 is 29.0 Å². The molecule has 0 saturated carbocycles. The van der Waals surface area contributed by atoms with Crippen molar-refractivity contribution in [3.05, 3.63) is 59.9 Å². The third-order valence-corrected chi connectivity index (χ3v) is 5.29. The van der Waals surface area contributed by atoms with Crippen molar-refractivity contribution < 1.29 is 0 Å². The van der Waals surface area contributed by atoms with Gasteiger partial charge in [0.1, 0.15) is 5.82 Å². The Balaban J connectivity index is 1.78. The van der Waals surface area contributed by atoms with Crippen LogP contribution in [0.4, 0.5) is 5.82 Å². The molecule has 3 heterocycles. The maximum atomic E-state index is 6.05. The van der Waals surface area contributed by atoms with Crippen LogP contribution < -0.4 is 4.90 Å². The van der Waals surface area contributed by atoms with Gasteiger partial charge in [-0.25, -0.2) is 9.97 Å². The zero-order valence-electron chi connectivity index (χ0n) is 14.1. The van der Waals surface area contributed by atoms with E-state index in [1.807, 2.05) is 42.5 Å². The second-order valence-corrected chi connectivity index (χ2v) is 7.18. The lowest BCUT2D eigenvalue weighted by atomic mass is 10.1. The molecule has 0 bridgehead atoms. The molecule has 3 aromatic rings. The molecule has 26 heavy (non-hydrogen) atoms. The van der Waals surface area contributed by atoms with Gasteiger partial charge in [0.2, 0.25) is 0 Å². The number of pyridine rings is 1. The van der Waals surface area contributed by atoms with Crippen molar-refractivity contribution in [1.82, 2.24) is 15.0 Å². The van der Waals surface area contributed by atoms with Gasteiger partial charge >= 0.3 is 0 Å². The fraction of sp³-hybridized carbons (Fsp3) is 0.250. The highest BCUT2D eigenvalue weighted by atomic mass is 35.5. The number of rotatable bonds is 4. The Morgan fingerprint density at radius 1 is 1.08 bits per heavy atom. The largest absolute Gasteiger partial charge is 0.356 e. The molecule has 0 radical (unpaired) electrons. The van der Waals surface area contributed by atoms with Gasteiger partial charge in [0.05, 0.1) is 5.69 Å². The third kappa shape index (κ3) is 3.67. The van der Waals surface area contributed by atoms with Crippen LogP contribution in [0.25, 0.3) is 22.6 Å². The normalized spacial score (nSPS) is 16.8. The van der Waals surface area contributed by atoms with Crippen molar-refractivity contribution in [2.75, 3.05) is 23.9 Å². The van der Waals surface area contributed by atoms with Crippen molar-refractivity contribution in [1.29, 1.82) is 0 Å². The first-order chi connectivity index (χ1) is 12.7. The average Bonchev–Trinajstić information content (AvgIpc) is 3.18. The molecular weight excluding hydrogens is 367 g/mol. The average molecular weight is 385 g/mol. The summed E-state index contributed by atoms with van der Waals surface area (Å²) in [4.78, 5) is 16.1. The van der Waals surface area contributed by atoms with E-state index < -0.39 is 0 Å². The van der Waals surface area contributed by atoms with Crippen molar-refractivity contribution in [2.45, 2.75) is 6.42 Å². The molecule has 2 aromatic heterocycles. The molecule has 0 amide bonds. The maximum absolute atomic E-state index is 6.05. The van der Waals surface area contributed by atoms with Gasteiger partial charge in [0, 0.05) is 53.6 Å². The van der Waals surface area contributed by atoms with E-state index in [0.29, 0.717) is 22.6 Å². The van der Waals surface area contributed by atoms with E-state index in [2.05, 4.69) is 9.88 Å². The molecule has 1 atom stereocenters. The Morgan fingerprint density at radius 2 is 1.92 bits per heavy atom. The van der Waals surface area contributed by atoms with Gasteiger partial charge in [0.25, 0.3) is 0 Å². The number of nitrogens with zero attached hydrogens (tertiary/aromatic N) is 4. The van der Waals surface area contributed by atoms with E-state index in [4.69, 9.17) is 33.2 Å². The summed E-state index contributed by atoms with van der Waals surface area (Å²) in [5.41, 5.74) is 2.79. The fourth-order valence-electron chi connectivity index (χ4n) is 3.16. The molecule has 1 aliphatic heterocycles. The lowest BCUT2D eigenvalue weighted by molar-refractivity contribution is 0.666. The summed E-state index contributed by atoms with van der Waals surface area (Å²) in [7, 11) is 0. The van der Waals surface area contributed by atoms with Gasteiger partial charge < -0.3 is 4.90 Å². The van der Waals surface area contributed by atoms with Crippen LogP contribution in [0.3, 0.4) is 0 Å². The van der Waals surface area contributed by atoms with Crippen LogP contribution >= 0.6 is 23.2 Å². The topological polar surface area (TPSA) is 41.9 Å². The van der Waals surface area contributed by atoms with Crippen LogP contribution in [-0.2, 0) is 0 Å². The molecule has 4 nitrogen and oxygen atoms in total. The molecule has 0 aliphatic carbocycles.